The molecule has 0 aliphatic rings. The molecule has 0 aromatic heterocycles. The quantitative estimate of drug-likeness (QED) is 0.613. The Bertz CT molecular complexity index is 264. The van der Waals surface area contributed by atoms with Gasteiger partial charge in [0, 0.05) is 0 Å². The van der Waals surface area contributed by atoms with Crippen LogP contribution >= 0.6 is 0 Å². The Labute approximate surface area is 74.5 Å². The number of hydrogen-bond donors (Lipinski definition) is 0. The Morgan fingerprint density at radius 1 is 1.42 bits per heavy atom. The first-order chi connectivity index (χ1) is 5.77. The molecule has 60 valence electrons. The summed E-state index contributed by atoms with van der Waals surface area (Å²) >= 11 is 0. The molecule has 0 aliphatic heterocycles. The summed E-state index contributed by atoms with van der Waals surface area (Å²) in [5.41, 5.74) is 2.01. The molecule has 0 saturated carbocycles. The van der Waals surface area contributed by atoms with Crippen molar-refractivity contribution >= 4 is 13.4 Å². The summed E-state index contributed by atoms with van der Waals surface area (Å²) in [7, 11) is 7.09. The van der Waals surface area contributed by atoms with Gasteiger partial charge in [-0.3, -0.25) is 0 Å². The lowest BCUT2D eigenvalue weighted by Crippen LogP contribution is -1.84. The Morgan fingerprint density at radius 2 is 2.00 bits per heavy atom. The number of ether oxygens (including phenoxy) is 1. The molecule has 0 fully saturated rings. The fourth-order valence-corrected chi connectivity index (χ4v) is 0.945. The summed E-state index contributed by atoms with van der Waals surface area (Å²) in [4.78, 5) is 0. The monoisotopic (exact) mass is 158 g/mol. The van der Waals surface area contributed by atoms with E-state index in [4.69, 9.17) is 12.6 Å². The summed E-state index contributed by atoms with van der Waals surface area (Å²) in [5.74, 6) is 0.851. The lowest BCUT2D eigenvalue weighted by atomic mass is 9.93. The molecule has 0 amide bonds. The minimum absolute atomic E-state index is 0.492. The Kier molecular flexibility index (Phi) is 2.97. The van der Waals surface area contributed by atoms with E-state index in [0.717, 1.165) is 16.9 Å². The van der Waals surface area contributed by atoms with Crippen LogP contribution in [-0.4, -0.2) is 15.0 Å². The van der Waals surface area contributed by atoms with Gasteiger partial charge in [-0.2, -0.15) is 0 Å². The van der Waals surface area contributed by atoms with E-state index in [-0.39, 0.29) is 0 Å². The van der Waals surface area contributed by atoms with Gasteiger partial charge in [0.25, 0.3) is 0 Å². The van der Waals surface area contributed by atoms with Gasteiger partial charge in [-0.05, 0) is 17.7 Å². The summed E-state index contributed by atoms with van der Waals surface area (Å²) in [6, 6.07) is 7.70. The van der Waals surface area contributed by atoms with Crippen LogP contribution in [0.15, 0.2) is 30.8 Å². The molecule has 0 spiro atoms. The van der Waals surface area contributed by atoms with Gasteiger partial charge >= 0.3 is 0 Å². The maximum Gasteiger partial charge on any atom is 0.118 e. The third-order valence-corrected chi connectivity index (χ3v) is 1.74. The lowest BCUT2D eigenvalue weighted by Gasteiger charge is -2.03. The van der Waals surface area contributed by atoms with Crippen molar-refractivity contribution in [3.63, 3.8) is 0 Å². The highest BCUT2D eigenvalue weighted by Gasteiger charge is 1.95. The van der Waals surface area contributed by atoms with Crippen LogP contribution in [0.3, 0.4) is 0 Å². The highest BCUT2D eigenvalue weighted by Crippen LogP contribution is 2.18. The number of methoxy groups -OCH3 is 1. The molecule has 0 N–H and O–H groups in total. The van der Waals surface area contributed by atoms with Crippen LogP contribution in [0.4, 0.5) is 0 Å². The van der Waals surface area contributed by atoms with Gasteiger partial charge in [-0.25, -0.2) is 0 Å². The van der Waals surface area contributed by atoms with E-state index >= 15 is 0 Å². The molecule has 1 rings (SSSR count). The highest BCUT2D eigenvalue weighted by molar-refractivity contribution is 6.14. The van der Waals surface area contributed by atoms with Crippen LogP contribution in [0.1, 0.15) is 5.56 Å². The fourth-order valence-electron chi connectivity index (χ4n) is 0.945. The molecule has 0 atom stereocenters. The van der Waals surface area contributed by atoms with Crippen molar-refractivity contribution in [2.75, 3.05) is 7.11 Å². The molecule has 0 saturated heterocycles. The largest absolute Gasteiger partial charge is 0.497 e. The first kappa shape index (κ1) is 8.92. The van der Waals surface area contributed by atoms with E-state index in [9.17, 15) is 0 Å². The van der Waals surface area contributed by atoms with Gasteiger partial charge in [-0.15, -0.1) is 0 Å². The smallest absolute Gasteiger partial charge is 0.118 e. The van der Waals surface area contributed by atoms with Crippen molar-refractivity contribution in [2.45, 2.75) is 6.32 Å². The van der Waals surface area contributed by atoms with Crippen molar-refractivity contribution in [3.05, 3.63) is 36.4 Å². The van der Waals surface area contributed by atoms with E-state index in [2.05, 4.69) is 6.58 Å². The van der Waals surface area contributed by atoms with Crippen LogP contribution < -0.4 is 4.74 Å². The van der Waals surface area contributed by atoms with Gasteiger partial charge < -0.3 is 4.74 Å². The summed E-state index contributed by atoms with van der Waals surface area (Å²) in [6.45, 7) is 3.83. The van der Waals surface area contributed by atoms with Crippen LogP contribution in [0.25, 0.3) is 5.57 Å². The molecular weight excluding hydrogens is 147 g/mol. The molecule has 0 unspecified atom stereocenters. The average Bonchev–Trinajstić information content (AvgIpc) is 2.17. The molecule has 2 heteroatoms. The minimum atomic E-state index is 0.492. The predicted octanol–water partition coefficient (Wildman–Crippen LogP) is 2.30. The molecule has 0 aliphatic carbocycles. The van der Waals surface area contributed by atoms with Crippen molar-refractivity contribution in [1.82, 2.24) is 0 Å². The van der Waals surface area contributed by atoms with Gasteiger partial charge in [-0.1, -0.05) is 30.6 Å². The Balaban J connectivity index is 2.84. The second kappa shape index (κ2) is 4.00. The summed E-state index contributed by atoms with van der Waals surface area (Å²) in [6.07, 6.45) is 0.492. The second-order valence-corrected chi connectivity index (χ2v) is 2.54. The lowest BCUT2D eigenvalue weighted by molar-refractivity contribution is 0.415. The first-order valence-electron chi connectivity index (χ1n) is 3.80. The normalized spacial score (nSPS) is 9.42. The van der Waals surface area contributed by atoms with Crippen molar-refractivity contribution < 1.29 is 4.74 Å². The van der Waals surface area contributed by atoms with E-state index < -0.39 is 0 Å². The Hall–Kier alpha value is -1.18. The van der Waals surface area contributed by atoms with Gasteiger partial charge in [0.05, 0.1) is 15.0 Å². The molecule has 1 aromatic rings. The predicted molar refractivity (Wildman–Crippen MR) is 52.6 cm³/mol. The van der Waals surface area contributed by atoms with E-state index in [1.807, 2.05) is 24.3 Å². The average molecular weight is 158 g/mol. The van der Waals surface area contributed by atoms with E-state index in [1.165, 1.54) is 0 Å². The molecule has 2 radical (unpaired) electrons. The molecule has 1 nitrogen and oxygen atoms in total. The second-order valence-electron chi connectivity index (χ2n) is 2.54. The van der Waals surface area contributed by atoms with Crippen LogP contribution in [-0.2, 0) is 0 Å². The van der Waals surface area contributed by atoms with Crippen molar-refractivity contribution in [2.24, 2.45) is 0 Å². The first-order valence-corrected chi connectivity index (χ1v) is 3.80. The van der Waals surface area contributed by atoms with Gasteiger partial charge in [0.15, 0.2) is 0 Å². The zero-order valence-corrected chi connectivity index (χ0v) is 7.21. The summed E-state index contributed by atoms with van der Waals surface area (Å²) in [5, 5.41) is 0. The van der Waals surface area contributed by atoms with Gasteiger partial charge in [0.2, 0.25) is 0 Å². The van der Waals surface area contributed by atoms with Crippen molar-refractivity contribution in [1.29, 1.82) is 0 Å². The molecular formula is C10H11BO. The third kappa shape index (κ3) is 1.91. The Morgan fingerprint density at radius 3 is 2.42 bits per heavy atom. The van der Waals surface area contributed by atoms with Crippen LogP contribution in [0, 0.1) is 0 Å². The zero-order valence-electron chi connectivity index (χ0n) is 7.21. The van der Waals surface area contributed by atoms with E-state index in [1.54, 1.807) is 7.11 Å². The number of hydrogen-bond acceptors (Lipinski definition) is 1. The van der Waals surface area contributed by atoms with Crippen molar-refractivity contribution in [3.8, 4) is 5.75 Å². The number of rotatable bonds is 3. The molecule has 12 heavy (non-hydrogen) atoms. The zero-order chi connectivity index (χ0) is 8.97. The number of benzene rings is 1. The SMILES string of the molecule is [B]CC(=C)c1ccc(OC)cc1. The maximum atomic E-state index is 5.44. The van der Waals surface area contributed by atoms with Crippen LogP contribution in [0.5, 0.6) is 5.75 Å². The minimum Gasteiger partial charge on any atom is -0.497 e. The van der Waals surface area contributed by atoms with E-state index in [0.29, 0.717) is 6.32 Å². The topological polar surface area (TPSA) is 9.23 Å². The number of allylic oxidation sites excluding steroid dienone is 1. The molecule has 0 heterocycles. The summed E-state index contributed by atoms with van der Waals surface area (Å²) < 4.78 is 5.02. The highest BCUT2D eigenvalue weighted by atomic mass is 16.5. The van der Waals surface area contributed by atoms with Crippen LogP contribution in [0.2, 0.25) is 6.32 Å². The molecule has 1 aromatic carbocycles. The standard InChI is InChI=1S/C10H11BO/c1-8(7-11)9-3-5-10(12-2)6-4-9/h3-6H,1,7H2,2H3. The molecule has 0 bridgehead atoms. The fraction of sp³-hybridized carbons (Fsp3) is 0.200. The van der Waals surface area contributed by atoms with Gasteiger partial charge in [0.1, 0.15) is 5.75 Å². The maximum absolute atomic E-state index is 5.44. The third-order valence-electron chi connectivity index (χ3n) is 1.74.